The van der Waals surface area contributed by atoms with Gasteiger partial charge in [0.2, 0.25) is 0 Å². The van der Waals surface area contributed by atoms with Gasteiger partial charge in [-0.05, 0) is 43.7 Å². The number of hydrogen-bond acceptors (Lipinski definition) is 1. The molecule has 1 aliphatic heterocycles. The third kappa shape index (κ3) is 1.65. The van der Waals surface area contributed by atoms with Crippen LogP contribution in [-0.2, 0) is 6.42 Å². The molecule has 1 heterocycles. The van der Waals surface area contributed by atoms with Crippen LogP contribution < -0.4 is 0 Å². The molecule has 1 aliphatic rings. The number of halogens is 1. The molecule has 1 unspecified atom stereocenters. The van der Waals surface area contributed by atoms with E-state index in [1.807, 2.05) is 0 Å². The summed E-state index contributed by atoms with van der Waals surface area (Å²) in [5.74, 6) is 0. The van der Waals surface area contributed by atoms with E-state index >= 15 is 0 Å². The molecule has 1 aromatic carbocycles. The summed E-state index contributed by atoms with van der Waals surface area (Å²) in [5.41, 5.74) is 2.98. The molecule has 0 aliphatic carbocycles. The van der Waals surface area contributed by atoms with Gasteiger partial charge in [-0.1, -0.05) is 22.0 Å². The van der Waals surface area contributed by atoms with Gasteiger partial charge in [0.05, 0.1) is 0 Å². The smallest absolute Gasteiger partial charge is 0.0320 e. The molecule has 2 rings (SSSR count). The lowest BCUT2D eigenvalue weighted by molar-refractivity contribution is 0.247. The Morgan fingerprint density at radius 1 is 1.46 bits per heavy atom. The van der Waals surface area contributed by atoms with E-state index in [9.17, 15) is 0 Å². The monoisotopic (exact) mass is 239 g/mol. The van der Waals surface area contributed by atoms with Gasteiger partial charge in [0.1, 0.15) is 0 Å². The first-order valence-corrected chi connectivity index (χ1v) is 5.46. The highest BCUT2D eigenvalue weighted by Gasteiger charge is 2.20. The molecule has 0 fully saturated rings. The fraction of sp³-hybridized carbons (Fsp3) is 0.455. The third-order valence-corrected chi connectivity index (χ3v) is 3.45. The molecule has 13 heavy (non-hydrogen) atoms. The zero-order valence-corrected chi connectivity index (χ0v) is 9.63. The maximum Gasteiger partial charge on any atom is 0.0320 e. The first-order chi connectivity index (χ1) is 6.18. The van der Waals surface area contributed by atoms with Gasteiger partial charge >= 0.3 is 0 Å². The first-order valence-electron chi connectivity index (χ1n) is 4.67. The van der Waals surface area contributed by atoms with E-state index in [0.29, 0.717) is 6.04 Å². The Labute approximate surface area is 87.9 Å². The zero-order valence-electron chi connectivity index (χ0n) is 8.05. The fourth-order valence-electron chi connectivity index (χ4n) is 1.91. The Balaban J connectivity index is 2.45. The second-order valence-corrected chi connectivity index (χ2v) is 4.67. The summed E-state index contributed by atoms with van der Waals surface area (Å²) in [6.45, 7) is 3.44. The van der Waals surface area contributed by atoms with Crippen LogP contribution in [0.1, 0.15) is 24.1 Å². The Morgan fingerprint density at radius 3 is 3.00 bits per heavy atom. The Hall–Kier alpha value is -0.340. The molecule has 0 N–H and O–H groups in total. The maximum absolute atomic E-state index is 3.52. The van der Waals surface area contributed by atoms with Gasteiger partial charge in [0, 0.05) is 17.1 Å². The normalized spacial score (nSPS) is 22.8. The Morgan fingerprint density at radius 2 is 2.23 bits per heavy atom. The minimum absolute atomic E-state index is 0.557. The molecule has 70 valence electrons. The lowest BCUT2D eigenvalue weighted by atomic mass is 9.94. The summed E-state index contributed by atoms with van der Waals surface area (Å²) in [7, 11) is 2.19. The van der Waals surface area contributed by atoms with E-state index in [1.165, 1.54) is 28.6 Å². The largest absolute Gasteiger partial charge is 0.299 e. The van der Waals surface area contributed by atoms with Crippen molar-refractivity contribution in [2.45, 2.75) is 19.4 Å². The molecule has 2 heteroatoms. The van der Waals surface area contributed by atoms with Crippen molar-refractivity contribution in [1.82, 2.24) is 4.90 Å². The van der Waals surface area contributed by atoms with Gasteiger partial charge in [-0.3, -0.25) is 4.90 Å². The molecule has 1 atom stereocenters. The average molecular weight is 240 g/mol. The first kappa shape index (κ1) is 9.22. The van der Waals surface area contributed by atoms with E-state index < -0.39 is 0 Å². The lowest BCUT2D eigenvalue weighted by Gasteiger charge is -2.32. The highest BCUT2D eigenvalue weighted by Crippen LogP contribution is 2.30. The minimum Gasteiger partial charge on any atom is -0.299 e. The predicted molar refractivity (Wildman–Crippen MR) is 58.9 cm³/mol. The zero-order chi connectivity index (χ0) is 9.42. The summed E-state index contributed by atoms with van der Waals surface area (Å²) < 4.78 is 1.19. The van der Waals surface area contributed by atoms with E-state index in [1.54, 1.807) is 0 Å². The molecule has 1 aromatic rings. The molecule has 0 radical (unpaired) electrons. The lowest BCUT2D eigenvalue weighted by Crippen LogP contribution is -2.30. The molecule has 0 amide bonds. The number of rotatable bonds is 0. The number of benzene rings is 1. The molecule has 1 nitrogen and oxygen atoms in total. The van der Waals surface area contributed by atoms with E-state index in [-0.39, 0.29) is 0 Å². The van der Waals surface area contributed by atoms with Crippen molar-refractivity contribution in [3.8, 4) is 0 Å². The van der Waals surface area contributed by atoms with Gasteiger partial charge in [-0.25, -0.2) is 0 Å². The van der Waals surface area contributed by atoms with Crippen LogP contribution in [0.4, 0.5) is 0 Å². The maximum atomic E-state index is 3.52. The molecular formula is C11H14BrN. The second kappa shape index (κ2) is 3.43. The number of likely N-dealkylation sites (N-methyl/N-ethyl adjacent to an activating group) is 1. The van der Waals surface area contributed by atoms with Crippen LogP contribution >= 0.6 is 15.9 Å². The predicted octanol–water partition coefficient (Wildman–Crippen LogP) is 3.00. The van der Waals surface area contributed by atoms with Crippen molar-refractivity contribution in [2.24, 2.45) is 0 Å². The van der Waals surface area contributed by atoms with Gasteiger partial charge in [0.15, 0.2) is 0 Å². The highest BCUT2D eigenvalue weighted by molar-refractivity contribution is 9.10. The van der Waals surface area contributed by atoms with E-state index in [0.717, 1.165) is 0 Å². The van der Waals surface area contributed by atoms with Crippen molar-refractivity contribution < 1.29 is 0 Å². The Bertz CT molecular complexity index is 322. The Kier molecular flexibility index (Phi) is 2.43. The molecule has 0 saturated heterocycles. The topological polar surface area (TPSA) is 3.24 Å². The summed E-state index contributed by atoms with van der Waals surface area (Å²) in [5, 5.41) is 0. The fourth-order valence-corrected chi connectivity index (χ4v) is 2.29. The summed E-state index contributed by atoms with van der Waals surface area (Å²) >= 11 is 3.52. The van der Waals surface area contributed by atoms with Gasteiger partial charge in [-0.2, -0.15) is 0 Å². The number of fused-ring (bicyclic) bond motifs is 1. The van der Waals surface area contributed by atoms with Crippen molar-refractivity contribution in [3.63, 3.8) is 0 Å². The van der Waals surface area contributed by atoms with Crippen LogP contribution in [-0.4, -0.2) is 18.5 Å². The SMILES string of the molecule is CC1c2cc(Br)ccc2CCN1C. The number of hydrogen-bond donors (Lipinski definition) is 0. The standard InChI is InChI=1S/C11H14BrN/c1-8-11-7-10(12)4-3-9(11)5-6-13(8)2/h3-4,7-8H,5-6H2,1-2H3. The van der Waals surface area contributed by atoms with Crippen molar-refractivity contribution >= 4 is 15.9 Å². The third-order valence-electron chi connectivity index (χ3n) is 2.95. The molecule has 0 aromatic heterocycles. The second-order valence-electron chi connectivity index (χ2n) is 3.75. The molecule has 0 saturated carbocycles. The van der Waals surface area contributed by atoms with Crippen LogP contribution in [0, 0.1) is 0 Å². The van der Waals surface area contributed by atoms with E-state index in [4.69, 9.17) is 0 Å². The van der Waals surface area contributed by atoms with Crippen molar-refractivity contribution in [2.75, 3.05) is 13.6 Å². The summed E-state index contributed by atoms with van der Waals surface area (Å²) in [6, 6.07) is 7.18. The highest BCUT2D eigenvalue weighted by atomic mass is 79.9. The van der Waals surface area contributed by atoms with E-state index in [2.05, 4.69) is 53.0 Å². The van der Waals surface area contributed by atoms with Crippen molar-refractivity contribution in [1.29, 1.82) is 0 Å². The number of nitrogens with zero attached hydrogens (tertiary/aromatic N) is 1. The van der Waals surface area contributed by atoms with Crippen LogP contribution in [0.5, 0.6) is 0 Å². The summed E-state index contributed by atoms with van der Waals surface area (Å²) in [6.07, 6.45) is 1.18. The molecular weight excluding hydrogens is 226 g/mol. The van der Waals surface area contributed by atoms with Crippen LogP contribution in [0.15, 0.2) is 22.7 Å². The van der Waals surface area contributed by atoms with Crippen molar-refractivity contribution in [3.05, 3.63) is 33.8 Å². The summed E-state index contributed by atoms with van der Waals surface area (Å²) in [4.78, 5) is 2.40. The average Bonchev–Trinajstić information content (AvgIpc) is 2.12. The minimum atomic E-state index is 0.557. The molecule has 0 bridgehead atoms. The van der Waals surface area contributed by atoms with Gasteiger partial charge in [-0.15, -0.1) is 0 Å². The van der Waals surface area contributed by atoms with Gasteiger partial charge in [0.25, 0.3) is 0 Å². The van der Waals surface area contributed by atoms with Crippen LogP contribution in [0.2, 0.25) is 0 Å². The quantitative estimate of drug-likeness (QED) is 0.673. The van der Waals surface area contributed by atoms with Crippen LogP contribution in [0.25, 0.3) is 0 Å². The van der Waals surface area contributed by atoms with Crippen LogP contribution in [0.3, 0.4) is 0 Å². The molecule has 0 spiro atoms. The van der Waals surface area contributed by atoms with Gasteiger partial charge < -0.3 is 0 Å².